The number of carboxylic acids is 1. The van der Waals surface area contributed by atoms with Crippen LogP contribution in [0.1, 0.15) is 24.8 Å². The molecular weight excluding hydrogens is 359 g/mol. The number of carboxylic acid groups (broad SMARTS) is 1. The highest BCUT2D eigenvalue weighted by Gasteiger charge is 2.42. The molecule has 0 saturated carbocycles. The van der Waals surface area contributed by atoms with E-state index < -0.39 is 12.1 Å². The molecule has 1 atom stereocenters. The Morgan fingerprint density at radius 3 is 2.56 bits per heavy atom. The normalized spacial score (nSPS) is 23.3. The number of carbonyl (C=O) groups is 1. The summed E-state index contributed by atoms with van der Waals surface area (Å²) in [6, 6.07) is 2.22. The van der Waals surface area contributed by atoms with Gasteiger partial charge in [-0.3, -0.25) is 4.90 Å². The summed E-state index contributed by atoms with van der Waals surface area (Å²) in [5, 5.41) is 11.5. The first kappa shape index (κ1) is 20.2. The number of likely N-dealkylation sites (tertiary alicyclic amines) is 1. The Balaban J connectivity index is 0.000000277. The van der Waals surface area contributed by atoms with E-state index >= 15 is 0 Å². The van der Waals surface area contributed by atoms with Gasteiger partial charge in [0.15, 0.2) is 0 Å². The molecule has 0 aromatic carbocycles. The van der Waals surface area contributed by atoms with Gasteiger partial charge in [0.1, 0.15) is 0 Å². The molecule has 3 heterocycles. The topological polar surface area (TPSA) is 59.0 Å². The Morgan fingerprint density at radius 1 is 1.48 bits per heavy atom. The second-order valence-electron chi connectivity index (χ2n) is 6.27. The van der Waals surface area contributed by atoms with Gasteiger partial charge in [0.2, 0.25) is 0 Å². The van der Waals surface area contributed by atoms with E-state index in [0.29, 0.717) is 6.10 Å². The molecule has 0 bridgehead atoms. The van der Waals surface area contributed by atoms with Crippen molar-refractivity contribution in [3.8, 4) is 0 Å². The quantitative estimate of drug-likeness (QED) is 0.872. The van der Waals surface area contributed by atoms with Gasteiger partial charge in [-0.2, -0.15) is 24.5 Å². The maximum absolute atomic E-state index is 10.6. The van der Waals surface area contributed by atoms with Gasteiger partial charge in [-0.05, 0) is 35.2 Å². The first-order valence-electron chi connectivity index (χ1n) is 7.94. The lowest BCUT2D eigenvalue weighted by atomic mass is 9.88. The van der Waals surface area contributed by atoms with Crippen LogP contribution in [0.2, 0.25) is 0 Å². The number of ether oxygens (including phenoxy) is 2. The third-order valence-corrected chi connectivity index (χ3v) is 5.24. The third kappa shape index (κ3) is 5.95. The minimum atomic E-state index is -5.08. The summed E-state index contributed by atoms with van der Waals surface area (Å²) in [4.78, 5) is 11.4. The Bertz CT molecular complexity index is 542. The number of alkyl halides is 3. The van der Waals surface area contributed by atoms with Crippen LogP contribution in [0.3, 0.4) is 0 Å². The number of piperidine rings is 1. The van der Waals surface area contributed by atoms with Crippen molar-refractivity contribution >= 4 is 17.3 Å². The zero-order valence-electron chi connectivity index (χ0n) is 13.9. The van der Waals surface area contributed by atoms with Gasteiger partial charge >= 0.3 is 12.1 Å². The molecule has 0 aliphatic carbocycles. The standard InChI is InChI=1S/C14H21NO2S.C2HF3O2/c1-16-13-8-14(17-10-13)3-5-15(6-4-14)9-12-2-7-18-11-12;3-2(4,5)1(6)7/h2,7,11,13H,3-6,8-10H2,1H3;(H,6,7). The summed E-state index contributed by atoms with van der Waals surface area (Å²) in [7, 11) is 1.79. The molecule has 1 N–H and O–H groups in total. The van der Waals surface area contributed by atoms with Gasteiger partial charge in [-0.15, -0.1) is 0 Å². The maximum atomic E-state index is 10.6. The monoisotopic (exact) mass is 381 g/mol. The number of thiophene rings is 1. The van der Waals surface area contributed by atoms with Crippen molar-refractivity contribution in [2.24, 2.45) is 0 Å². The van der Waals surface area contributed by atoms with Crippen molar-refractivity contribution in [3.63, 3.8) is 0 Å². The zero-order chi connectivity index (χ0) is 18.5. The van der Waals surface area contributed by atoms with Crippen LogP contribution in [0, 0.1) is 0 Å². The summed E-state index contributed by atoms with van der Waals surface area (Å²) in [6.07, 6.45) is -1.39. The van der Waals surface area contributed by atoms with Crippen LogP contribution in [0.15, 0.2) is 16.8 Å². The molecule has 0 amide bonds. The van der Waals surface area contributed by atoms with E-state index in [-0.39, 0.29) is 5.60 Å². The predicted molar refractivity (Wildman–Crippen MR) is 86.6 cm³/mol. The first-order chi connectivity index (χ1) is 11.7. The molecule has 5 nitrogen and oxygen atoms in total. The van der Waals surface area contributed by atoms with Gasteiger partial charge < -0.3 is 14.6 Å². The molecule has 2 aliphatic heterocycles. The van der Waals surface area contributed by atoms with Crippen LogP contribution >= 0.6 is 11.3 Å². The van der Waals surface area contributed by atoms with Crippen LogP contribution in [0.4, 0.5) is 13.2 Å². The van der Waals surface area contributed by atoms with E-state index in [2.05, 4.69) is 21.7 Å². The SMILES string of the molecule is COC1COC2(CCN(Cc3ccsc3)CC2)C1.O=C(O)C(F)(F)F. The lowest BCUT2D eigenvalue weighted by Gasteiger charge is -2.38. The van der Waals surface area contributed by atoms with E-state index in [1.807, 2.05) is 0 Å². The summed E-state index contributed by atoms with van der Waals surface area (Å²) in [6.45, 7) is 4.16. The van der Waals surface area contributed by atoms with Crippen molar-refractivity contribution in [1.82, 2.24) is 4.90 Å². The largest absolute Gasteiger partial charge is 0.490 e. The molecule has 1 aromatic rings. The summed E-state index contributed by atoms with van der Waals surface area (Å²) >= 11 is 1.78. The van der Waals surface area contributed by atoms with Gasteiger partial charge in [0.25, 0.3) is 0 Å². The molecule has 142 valence electrons. The van der Waals surface area contributed by atoms with Gasteiger partial charge in [0, 0.05) is 33.2 Å². The van der Waals surface area contributed by atoms with E-state index in [0.717, 1.165) is 45.5 Å². The Labute approximate surface area is 148 Å². The minimum Gasteiger partial charge on any atom is -0.475 e. The van der Waals surface area contributed by atoms with Crippen molar-refractivity contribution in [2.75, 3.05) is 26.8 Å². The van der Waals surface area contributed by atoms with E-state index in [1.165, 1.54) is 5.56 Å². The second-order valence-corrected chi connectivity index (χ2v) is 7.05. The van der Waals surface area contributed by atoms with Gasteiger partial charge in [-0.25, -0.2) is 4.79 Å². The number of hydrogen-bond acceptors (Lipinski definition) is 5. The van der Waals surface area contributed by atoms with E-state index in [4.69, 9.17) is 19.4 Å². The predicted octanol–water partition coefficient (Wildman–Crippen LogP) is 3.15. The molecule has 1 aromatic heterocycles. The van der Waals surface area contributed by atoms with Crippen LogP contribution in [-0.2, 0) is 20.8 Å². The van der Waals surface area contributed by atoms with Gasteiger partial charge in [0.05, 0.1) is 18.3 Å². The van der Waals surface area contributed by atoms with Crippen LogP contribution in [0.25, 0.3) is 0 Å². The fourth-order valence-electron chi connectivity index (χ4n) is 3.06. The first-order valence-corrected chi connectivity index (χ1v) is 8.89. The van der Waals surface area contributed by atoms with E-state index in [9.17, 15) is 13.2 Å². The number of halogens is 3. The fraction of sp³-hybridized carbons (Fsp3) is 0.688. The lowest BCUT2D eigenvalue weighted by molar-refractivity contribution is -0.192. The van der Waals surface area contributed by atoms with Crippen LogP contribution in [0.5, 0.6) is 0 Å². The number of rotatable bonds is 3. The van der Waals surface area contributed by atoms with Gasteiger partial charge in [-0.1, -0.05) is 0 Å². The zero-order valence-corrected chi connectivity index (χ0v) is 14.7. The molecule has 1 unspecified atom stereocenters. The molecule has 2 saturated heterocycles. The van der Waals surface area contributed by atoms with Crippen molar-refractivity contribution in [1.29, 1.82) is 0 Å². The van der Waals surface area contributed by atoms with Crippen molar-refractivity contribution in [2.45, 2.75) is 43.7 Å². The molecule has 0 radical (unpaired) electrons. The van der Waals surface area contributed by atoms with Crippen molar-refractivity contribution < 1.29 is 32.5 Å². The Hall–Kier alpha value is -1.16. The highest BCUT2D eigenvalue weighted by atomic mass is 32.1. The molecule has 2 fully saturated rings. The number of nitrogens with zero attached hydrogens (tertiary/aromatic N) is 1. The lowest BCUT2D eigenvalue weighted by Crippen LogP contribution is -2.43. The second kappa shape index (κ2) is 8.48. The molecule has 9 heteroatoms. The summed E-state index contributed by atoms with van der Waals surface area (Å²) in [5.74, 6) is -2.76. The van der Waals surface area contributed by atoms with Crippen LogP contribution < -0.4 is 0 Å². The molecular formula is C16H22F3NO4S. The number of hydrogen-bond donors (Lipinski definition) is 1. The number of methoxy groups -OCH3 is 1. The molecule has 25 heavy (non-hydrogen) atoms. The molecule has 2 aliphatic rings. The Kier molecular flexibility index (Phi) is 6.84. The smallest absolute Gasteiger partial charge is 0.475 e. The Morgan fingerprint density at radius 2 is 2.12 bits per heavy atom. The van der Waals surface area contributed by atoms with E-state index in [1.54, 1.807) is 18.4 Å². The average Bonchev–Trinajstić information content (AvgIpc) is 3.20. The summed E-state index contributed by atoms with van der Waals surface area (Å²) in [5.41, 5.74) is 1.56. The molecule has 1 spiro atoms. The highest BCUT2D eigenvalue weighted by Crippen LogP contribution is 2.37. The fourth-order valence-corrected chi connectivity index (χ4v) is 3.72. The third-order valence-electron chi connectivity index (χ3n) is 4.50. The number of aliphatic carboxylic acids is 1. The summed E-state index contributed by atoms with van der Waals surface area (Å²) < 4.78 is 43.2. The highest BCUT2D eigenvalue weighted by molar-refractivity contribution is 7.07. The minimum absolute atomic E-state index is 0.117. The maximum Gasteiger partial charge on any atom is 0.490 e. The van der Waals surface area contributed by atoms with Crippen molar-refractivity contribution in [3.05, 3.63) is 22.4 Å². The average molecular weight is 381 g/mol. The van der Waals surface area contributed by atoms with Crippen LogP contribution in [-0.4, -0.2) is 60.7 Å². The molecule has 3 rings (SSSR count).